The third-order valence-corrected chi connectivity index (χ3v) is 6.63. The molecule has 34 heavy (non-hydrogen) atoms. The maximum absolute atomic E-state index is 13.2. The lowest BCUT2D eigenvalue weighted by atomic mass is 9.99. The Morgan fingerprint density at radius 2 is 1.94 bits per heavy atom. The van der Waals surface area contributed by atoms with E-state index in [9.17, 15) is 9.59 Å². The summed E-state index contributed by atoms with van der Waals surface area (Å²) in [5.74, 6) is -0.749. The van der Waals surface area contributed by atoms with E-state index in [4.69, 9.17) is 27.9 Å². The largest absolute Gasteiger partial charge is 0.466 e. The Labute approximate surface area is 209 Å². The molecule has 0 saturated carbocycles. The number of anilines is 1. The van der Waals surface area contributed by atoms with E-state index < -0.39 is 0 Å². The Morgan fingerprint density at radius 1 is 1.18 bits per heavy atom. The topological polar surface area (TPSA) is 74.2 Å². The highest BCUT2D eigenvalue weighted by molar-refractivity contribution is 6.40. The molecule has 1 N–H and O–H groups in total. The predicted octanol–water partition coefficient (Wildman–Crippen LogP) is 4.92. The Hall–Kier alpha value is -2.61. The third-order valence-electron chi connectivity index (χ3n) is 6.09. The summed E-state index contributed by atoms with van der Waals surface area (Å²) in [5, 5.41) is 9.24. The van der Waals surface area contributed by atoms with Crippen molar-refractivity contribution in [1.29, 1.82) is 0 Å². The van der Waals surface area contributed by atoms with E-state index in [0.29, 0.717) is 47.6 Å². The molecule has 0 aliphatic carbocycles. The van der Waals surface area contributed by atoms with Crippen molar-refractivity contribution in [3.8, 4) is 0 Å². The maximum atomic E-state index is 13.2. The molecule has 0 spiro atoms. The molecule has 7 nitrogen and oxygen atoms in total. The number of nitrogens with zero attached hydrogens (tertiary/aromatic N) is 3. The number of rotatable bonds is 6. The highest BCUT2D eigenvalue weighted by Gasteiger charge is 2.35. The van der Waals surface area contributed by atoms with E-state index in [1.807, 2.05) is 37.3 Å². The van der Waals surface area contributed by atoms with Gasteiger partial charge in [-0.2, -0.15) is 5.10 Å². The fourth-order valence-corrected chi connectivity index (χ4v) is 4.82. The van der Waals surface area contributed by atoms with Crippen molar-refractivity contribution in [3.05, 3.63) is 63.6 Å². The number of carbonyl (C=O) groups is 2. The average Bonchev–Trinajstić information content (AvgIpc) is 3.25. The van der Waals surface area contributed by atoms with Crippen molar-refractivity contribution in [2.45, 2.75) is 39.2 Å². The number of hydrazone groups is 1. The highest BCUT2D eigenvalue weighted by Crippen LogP contribution is 2.39. The highest BCUT2D eigenvalue weighted by atomic mass is 35.5. The van der Waals surface area contributed by atoms with E-state index in [0.717, 1.165) is 24.0 Å². The number of hydrogen-bond donors (Lipinski definition) is 1. The Kier molecular flexibility index (Phi) is 7.76. The van der Waals surface area contributed by atoms with Gasteiger partial charge in [0.1, 0.15) is 5.71 Å². The van der Waals surface area contributed by atoms with Gasteiger partial charge >= 0.3 is 5.97 Å². The number of aryl methyl sites for hydroxylation is 1. The van der Waals surface area contributed by atoms with Crippen LogP contribution < -0.4 is 10.4 Å². The van der Waals surface area contributed by atoms with Gasteiger partial charge in [-0.25, -0.2) is 5.01 Å². The lowest BCUT2D eigenvalue weighted by molar-refractivity contribution is -0.151. The second-order valence-electron chi connectivity index (χ2n) is 8.60. The first-order valence-corrected chi connectivity index (χ1v) is 12.2. The van der Waals surface area contributed by atoms with Crippen LogP contribution >= 0.6 is 23.2 Å². The van der Waals surface area contributed by atoms with Crippen LogP contribution in [-0.4, -0.2) is 42.3 Å². The minimum atomic E-state index is -0.283. The molecule has 1 saturated heterocycles. The molecule has 0 radical (unpaired) electrons. The predicted molar refractivity (Wildman–Crippen MR) is 134 cm³/mol. The van der Waals surface area contributed by atoms with Crippen LogP contribution in [0.4, 0.5) is 5.69 Å². The molecule has 0 bridgehead atoms. The van der Waals surface area contributed by atoms with Crippen LogP contribution in [0, 0.1) is 12.8 Å². The normalized spacial score (nSPS) is 20.7. The minimum absolute atomic E-state index is 0.186. The number of hydrogen-bond acceptors (Lipinski definition) is 6. The zero-order valence-corrected chi connectivity index (χ0v) is 20.8. The summed E-state index contributed by atoms with van der Waals surface area (Å²) < 4.78 is 5.16. The molecule has 180 valence electrons. The van der Waals surface area contributed by atoms with Crippen molar-refractivity contribution in [1.82, 2.24) is 10.4 Å². The first-order chi connectivity index (χ1) is 16.4. The van der Waals surface area contributed by atoms with Crippen LogP contribution in [0.5, 0.6) is 0 Å². The molecule has 2 heterocycles. The second-order valence-corrected chi connectivity index (χ2v) is 9.44. The SMILES string of the molecule is CCOC(=O)C1CCCN(NC(=O)C2=NN(c3ccc(Cl)cc3Cl)C(c3ccc(C)cc3)C2)C1. The van der Waals surface area contributed by atoms with Crippen molar-refractivity contribution in [2.75, 3.05) is 24.7 Å². The summed E-state index contributed by atoms with van der Waals surface area (Å²) in [6, 6.07) is 13.2. The van der Waals surface area contributed by atoms with Crippen LogP contribution in [-0.2, 0) is 14.3 Å². The van der Waals surface area contributed by atoms with Gasteiger partial charge in [-0.3, -0.25) is 20.0 Å². The number of carbonyl (C=O) groups excluding carboxylic acids is 2. The van der Waals surface area contributed by atoms with Gasteiger partial charge in [-0.15, -0.1) is 0 Å². The van der Waals surface area contributed by atoms with Crippen molar-refractivity contribution >= 4 is 46.5 Å². The molecule has 2 aliphatic rings. The quantitative estimate of drug-likeness (QED) is 0.567. The van der Waals surface area contributed by atoms with Gasteiger partial charge in [0.2, 0.25) is 0 Å². The molecular weight excluding hydrogens is 475 g/mol. The van der Waals surface area contributed by atoms with Gasteiger partial charge in [0, 0.05) is 24.5 Å². The van der Waals surface area contributed by atoms with Crippen LogP contribution in [0.25, 0.3) is 0 Å². The third kappa shape index (κ3) is 5.54. The molecule has 0 aromatic heterocycles. The number of piperidine rings is 1. The molecule has 2 aliphatic heterocycles. The number of hydrazine groups is 1. The number of esters is 1. The van der Waals surface area contributed by atoms with E-state index in [2.05, 4.69) is 10.5 Å². The number of amides is 1. The number of nitrogens with one attached hydrogen (secondary N) is 1. The Morgan fingerprint density at radius 3 is 2.65 bits per heavy atom. The first kappa shape index (κ1) is 24.5. The Balaban J connectivity index is 1.54. The summed E-state index contributed by atoms with van der Waals surface area (Å²) in [6.07, 6.45) is 1.97. The van der Waals surface area contributed by atoms with Crippen molar-refractivity contribution in [2.24, 2.45) is 11.0 Å². The summed E-state index contributed by atoms with van der Waals surface area (Å²) in [4.78, 5) is 25.3. The number of halogens is 2. The molecule has 2 atom stereocenters. The van der Waals surface area contributed by atoms with Crippen molar-refractivity contribution in [3.63, 3.8) is 0 Å². The van der Waals surface area contributed by atoms with E-state index in [-0.39, 0.29) is 23.8 Å². The van der Waals surface area contributed by atoms with Gasteiger partial charge in [-0.05, 0) is 50.5 Å². The van der Waals surface area contributed by atoms with Gasteiger partial charge in [0.15, 0.2) is 0 Å². The Bertz CT molecular complexity index is 1090. The zero-order chi connectivity index (χ0) is 24.2. The van der Waals surface area contributed by atoms with Gasteiger partial charge < -0.3 is 4.74 Å². The second kappa shape index (κ2) is 10.8. The van der Waals surface area contributed by atoms with E-state index >= 15 is 0 Å². The monoisotopic (exact) mass is 502 g/mol. The molecule has 2 aromatic carbocycles. The number of benzene rings is 2. The molecule has 4 rings (SSSR count). The first-order valence-electron chi connectivity index (χ1n) is 11.5. The van der Waals surface area contributed by atoms with E-state index in [1.165, 1.54) is 0 Å². The standard InChI is InChI=1S/C25H28Cl2N4O3/c1-3-34-25(33)18-5-4-12-30(15-18)29-24(32)21-14-23(17-8-6-16(2)7-9-17)31(28-21)22-11-10-19(26)13-20(22)27/h6-11,13,18,23H,3-5,12,14-15H2,1-2H3,(H,29,32). The summed E-state index contributed by atoms with van der Waals surface area (Å²) >= 11 is 12.6. The fourth-order valence-electron chi connectivity index (χ4n) is 4.32. The van der Waals surface area contributed by atoms with Crippen LogP contribution in [0.15, 0.2) is 47.6 Å². The zero-order valence-electron chi connectivity index (χ0n) is 19.3. The fraction of sp³-hybridized carbons (Fsp3) is 0.400. The molecule has 2 unspecified atom stereocenters. The van der Waals surface area contributed by atoms with Gasteiger partial charge in [0.05, 0.1) is 29.3 Å². The molecular formula is C25H28Cl2N4O3. The number of ether oxygens (including phenoxy) is 1. The summed E-state index contributed by atoms with van der Waals surface area (Å²) in [5.41, 5.74) is 6.20. The minimum Gasteiger partial charge on any atom is -0.466 e. The van der Waals surface area contributed by atoms with E-state index in [1.54, 1.807) is 29.1 Å². The molecule has 1 amide bonds. The van der Waals surface area contributed by atoms with Gasteiger partial charge in [0.25, 0.3) is 5.91 Å². The molecule has 2 aromatic rings. The lowest BCUT2D eigenvalue weighted by Gasteiger charge is -2.31. The van der Waals surface area contributed by atoms with Crippen LogP contribution in [0.1, 0.15) is 43.4 Å². The summed E-state index contributed by atoms with van der Waals surface area (Å²) in [6.45, 7) is 5.27. The van der Waals surface area contributed by atoms with Crippen LogP contribution in [0.2, 0.25) is 10.0 Å². The maximum Gasteiger partial charge on any atom is 0.310 e. The average molecular weight is 503 g/mol. The summed E-state index contributed by atoms with van der Waals surface area (Å²) in [7, 11) is 0. The molecule has 9 heteroatoms. The molecule has 1 fully saturated rings. The smallest absolute Gasteiger partial charge is 0.310 e. The van der Waals surface area contributed by atoms with Crippen molar-refractivity contribution < 1.29 is 14.3 Å². The van der Waals surface area contributed by atoms with Crippen LogP contribution in [0.3, 0.4) is 0 Å². The lowest BCUT2D eigenvalue weighted by Crippen LogP contribution is -2.51. The van der Waals surface area contributed by atoms with Gasteiger partial charge in [-0.1, -0.05) is 53.0 Å².